The summed E-state index contributed by atoms with van der Waals surface area (Å²) in [6.07, 6.45) is 7.79. The SMILES string of the molecule is N#Cc1ccc2c(c1)c1ccccc1n2-c1cccc2c1Oc1c(-n3c4ccccc4c4cc(C#N)ccc43)cccc1C21c2cc(-n3c4ccccc4c4ccccc43)cnc2-c2ncc(-n3c4ccccc4c4ccncc43)cc21. The van der Waals surface area contributed by atoms with Crippen LogP contribution in [0.2, 0.25) is 0 Å². The van der Waals surface area contributed by atoms with Crippen LogP contribution >= 0.6 is 0 Å². The number of nitrogens with zero attached hydrogens (tertiary/aromatic N) is 9. The van der Waals surface area contributed by atoms with Gasteiger partial charge in [0.15, 0.2) is 11.5 Å². The van der Waals surface area contributed by atoms with E-state index in [2.05, 4.69) is 223 Å². The average molecular weight is 1050 g/mol. The topological polar surface area (TPSA) is 115 Å². The van der Waals surface area contributed by atoms with E-state index in [9.17, 15) is 10.5 Å². The van der Waals surface area contributed by atoms with Crippen molar-refractivity contribution in [3.63, 3.8) is 0 Å². The monoisotopic (exact) mass is 1050 g/mol. The van der Waals surface area contributed by atoms with Gasteiger partial charge in [-0.25, -0.2) is 0 Å². The highest BCUT2D eigenvalue weighted by Crippen LogP contribution is 2.64. The summed E-state index contributed by atoms with van der Waals surface area (Å²) >= 11 is 0. The fraction of sp³-hybridized carbons (Fsp3) is 0.0139. The molecule has 9 aromatic carbocycles. The first-order valence-electron chi connectivity index (χ1n) is 27.3. The molecule has 10 nitrogen and oxygen atoms in total. The second-order valence-electron chi connectivity index (χ2n) is 21.3. The lowest BCUT2D eigenvalue weighted by atomic mass is 9.66. The minimum atomic E-state index is -1.14. The quantitative estimate of drug-likeness (QED) is 0.173. The molecule has 82 heavy (non-hydrogen) atoms. The molecule has 0 radical (unpaired) electrons. The van der Waals surface area contributed by atoms with E-state index in [4.69, 9.17) is 14.7 Å². The van der Waals surface area contributed by atoms with Gasteiger partial charge in [-0.1, -0.05) is 115 Å². The summed E-state index contributed by atoms with van der Waals surface area (Å²) in [5, 5.41) is 29.0. The van der Waals surface area contributed by atoms with Crippen molar-refractivity contribution in [1.29, 1.82) is 10.5 Å². The zero-order valence-electron chi connectivity index (χ0n) is 43.4. The van der Waals surface area contributed by atoms with E-state index in [1.54, 1.807) is 0 Å². The van der Waals surface area contributed by atoms with Crippen LogP contribution in [0.4, 0.5) is 0 Å². The van der Waals surface area contributed by atoms with Gasteiger partial charge in [0.25, 0.3) is 0 Å². The highest BCUT2D eigenvalue weighted by Gasteiger charge is 2.54. The Morgan fingerprint density at radius 2 is 0.732 bits per heavy atom. The summed E-state index contributed by atoms with van der Waals surface area (Å²) in [6.45, 7) is 0. The van der Waals surface area contributed by atoms with E-state index in [1.165, 1.54) is 0 Å². The molecule has 18 rings (SSSR count). The maximum Gasteiger partial charge on any atom is 0.156 e. The van der Waals surface area contributed by atoms with Crippen LogP contribution in [0.3, 0.4) is 0 Å². The van der Waals surface area contributed by atoms with E-state index < -0.39 is 5.41 Å². The lowest BCUT2D eigenvalue weighted by molar-refractivity contribution is 0.433. The van der Waals surface area contributed by atoms with Crippen molar-refractivity contribution in [3.05, 3.63) is 270 Å². The summed E-state index contributed by atoms with van der Waals surface area (Å²) < 4.78 is 17.1. The van der Waals surface area contributed by atoms with Crippen LogP contribution in [0.1, 0.15) is 33.4 Å². The average Bonchev–Trinajstić information content (AvgIpc) is 2.81. The number of hydrogen-bond acceptors (Lipinski definition) is 6. The van der Waals surface area contributed by atoms with Crippen molar-refractivity contribution in [1.82, 2.24) is 33.2 Å². The van der Waals surface area contributed by atoms with E-state index in [0.717, 1.165) is 144 Å². The lowest BCUT2D eigenvalue weighted by Crippen LogP contribution is -2.33. The highest BCUT2D eigenvalue weighted by atomic mass is 16.5. The molecule has 7 aromatic heterocycles. The third kappa shape index (κ3) is 5.66. The van der Waals surface area contributed by atoms with Crippen molar-refractivity contribution >= 4 is 87.2 Å². The van der Waals surface area contributed by atoms with Crippen LogP contribution in [0.15, 0.2) is 237 Å². The molecule has 1 aliphatic carbocycles. The Morgan fingerprint density at radius 1 is 0.341 bits per heavy atom. The third-order valence-electron chi connectivity index (χ3n) is 17.4. The Kier molecular flexibility index (Phi) is 8.80. The van der Waals surface area contributed by atoms with Gasteiger partial charge in [-0.15, -0.1) is 0 Å². The maximum atomic E-state index is 10.2. The van der Waals surface area contributed by atoms with Crippen LogP contribution in [-0.2, 0) is 5.41 Å². The Morgan fingerprint density at radius 3 is 1.18 bits per heavy atom. The van der Waals surface area contributed by atoms with Gasteiger partial charge < -0.3 is 23.0 Å². The first-order valence-corrected chi connectivity index (χ1v) is 27.3. The van der Waals surface area contributed by atoms with Crippen LogP contribution < -0.4 is 4.74 Å². The Hall–Kier alpha value is -11.6. The number of hydrogen-bond donors (Lipinski definition) is 0. The molecule has 0 N–H and O–H groups in total. The predicted octanol–water partition coefficient (Wildman–Crippen LogP) is 16.5. The zero-order valence-corrected chi connectivity index (χ0v) is 43.4. The standard InChI is InChI=1S/C72H39N9O/c73-37-42-27-29-63-52(33-42)49-16-4-9-23-61(49)80(63)65-25-11-18-54-70(65)82-71-55(19-12-26-66(71)81-62-24-10-5-17-50(62)53-34-43(38-74)28-30-64(53)81)72(54)56-35-44(78-58-20-6-1-13-46(58)47-14-2-7-21-59(47)78)39-76-68(56)69-57(72)36-45(40-77-69)79-60-22-8-3-15-48(60)51-31-32-75-41-67(51)79/h1-36,39-41H. The molecule has 2 aliphatic rings. The van der Waals surface area contributed by atoms with Crippen LogP contribution in [0, 0.1) is 22.7 Å². The largest absolute Gasteiger partial charge is 0.452 e. The van der Waals surface area contributed by atoms with Gasteiger partial charge in [-0.05, 0) is 97.1 Å². The number of ether oxygens (including phenoxy) is 1. The normalized spacial score (nSPS) is 13.0. The fourth-order valence-corrected chi connectivity index (χ4v) is 14.2. The van der Waals surface area contributed by atoms with Crippen molar-refractivity contribution in [2.45, 2.75) is 5.41 Å². The van der Waals surface area contributed by atoms with Gasteiger partial charge in [0.05, 0.1) is 126 Å². The summed E-state index contributed by atoms with van der Waals surface area (Å²) in [7, 11) is 0. The van der Waals surface area contributed by atoms with Crippen LogP contribution in [0.5, 0.6) is 11.5 Å². The molecular weight excluding hydrogens is 1010 g/mol. The highest BCUT2D eigenvalue weighted by molar-refractivity contribution is 6.13. The van der Waals surface area contributed by atoms with Crippen LogP contribution in [0.25, 0.3) is 121 Å². The number of aromatic nitrogens is 7. The Bertz CT molecular complexity index is 5170. The van der Waals surface area contributed by atoms with Gasteiger partial charge in [0, 0.05) is 71.5 Å². The van der Waals surface area contributed by atoms with Gasteiger partial charge in [-0.3, -0.25) is 15.0 Å². The van der Waals surface area contributed by atoms with Crippen LogP contribution in [-0.4, -0.2) is 33.2 Å². The number of benzene rings is 9. The molecule has 1 aliphatic heterocycles. The fourth-order valence-electron chi connectivity index (χ4n) is 14.2. The first kappa shape index (κ1) is 44.4. The minimum Gasteiger partial charge on any atom is -0.452 e. The number of rotatable bonds is 4. The molecule has 0 amide bonds. The minimum absolute atomic E-state index is 0.584. The summed E-state index contributed by atoms with van der Waals surface area (Å²) in [5.74, 6) is 1.32. The van der Waals surface area contributed by atoms with Crippen molar-refractivity contribution < 1.29 is 4.74 Å². The van der Waals surface area contributed by atoms with Gasteiger partial charge in [-0.2, -0.15) is 10.5 Å². The number of para-hydroxylation sites is 7. The second kappa shape index (κ2) is 16.2. The van der Waals surface area contributed by atoms with Gasteiger partial charge >= 0.3 is 0 Å². The van der Waals surface area contributed by atoms with Crippen molar-refractivity contribution in [2.75, 3.05) is 0 Å². The second-order valence-corrected chi connectivity index (χ2v) is 21.3. The Balaban J connectivity index is 1.02. The molecule has 0 saturated heterocycles. The molecular formula is C72H39N9O. The van der Waals surface area contributed by atoms with Crippen molar-refractivity contribution in [3.8, 4) is 57.8 Å². The molecule has 1 spiro atoms. The molecule has 0 bridgehead atoms. The third-order valence-corrected chi connectivity index (χ3v) is 17.4. The first-order chi connectivity index (χ1) is 40.6. The molecule has 16 aromatic rings. The molecule has 0 saturated carbocycles. The molecule has 8 heterocycles. The van der Waals surface area contributed by atoms with E-state index in [0.29, 0.717) is 22.6 Å². The van der Waals surface area contributed by atoms with E-state index in [-0.39, 0.29) is 0 Å². The molecule has 378 valence electrons. The lowest BCUT2D eigenvalue weighted by Gasteiger charge is -2.40. The van der Waals surface area contributed by atoms with Crippen molar-refractivity contribution in [2.24, 2.45) is 0 Å². The number of fused-ring (bicyclic) bond motifs is 21. The molecule has 0 unspecified atom stereocenters. The van der Waals surface area contributed by atoms with Gasteiger partial charge in [0.1, 0.15) is 0 Å². The predicted molar refractivity (Wildman–Crippen MR) is 324 cm³/mol. The number of nitriles is 2. The summed E-state index contributed by atoms with van der Waals surface area (Å²) in [6, 6.07) is 79.0. The van der Waals surface area contributed by atoms with Gasteiger partial charge in [0.2, 0.25) is 0 Å². The zero-order chi connectivity index (χ0) is 53.9. The Labute approximate surface area is 467 Å². The number of pyridine rings is 3. The van der Waals surface area contributed by atoms with E-state index >= 15 is 0 Å². The van der Waals surface area contributed by atoms with E-state index in [1.807, 2.05) is 49.1 Å². The molecule has 10 heteroatoms. The summed E-state index contributed by atoms with van der Waals surface area (Å²) in [5.41, 5.74) is 16.7. The smallest absolute Gasteiger partial charge is 0.156 e. The molecule has 0 fully saturated rings. The summed E-state index contributed by atoms with van der Waals surface area (Å²) in [4.78, 5) is 15.9. The maximum absolute atomic E-state index is 10.2. The molecule has 0 atom stereocenters.